The van der Waals surface area contributed by atoms with Crippen molar-refractivity contribution < 1.29 is 9.47 Å². The minimum atomic E-state index is -0.221. The van der Waals surface area contributed by atoms with Crippen LogP contribution in [0.4, 0.5) is 0 Å². The maximum absolute atomic E-state index is 6.76. The summed E-state index contributed by atoms with van der Waals surface area (Å²) in [5.41, 5.74) is 9.06. The van der Waals surface area contributed by atoms with E-state index >= 15 is 0 Å². The highest BCUT2D eigenvalue weighted by atomic mass is 79.9. The monoisotopic (exact) mass is 339 g/mol. The molecule has 0 radical (unpaired) electrons. The van der Waals surface area contributed by atoms with Gasteiger partial charge in [-0.25, -0.2) is 0 Å². The van der Waals surface area contributed by atoms with Crippen LogP contribution in [0.1, 0.15) is 63.0 Å². The maximum Gasteiger partial charge on any atom is 0.231 e. The highest BCUT2D eigenvalue weighted by Crippen LogP contribution is 2.49. The van der Waals surface area contributed by atoms with Crippen LogP contribution in [0.15, 0.2) is 10.5 Å². The SMILES string of the molecule is CC(C)c1c(C2(N)CCCCC2)cc2c(c1Br)OCO2. The summed E-state index contributed by atoms with van der Waals surface area (Å²) in [4.78, 5) is 0. The number of halogens is 1. The second-order valence-electron chi connectivity index (χ2n) is 6.26. The zero-order valence-electron chi connectivity index (χ0n) is 12.2. The van der Waals surface area contributed by atoms with Crippen molar-refractivity contribution in [1.82, 2.24) is 0 Å². The number of nitrogens with two attached hydrogens (primary N) is 1. The Bertz CT molecular complexity index is 522. The van der Waals surface area contributed by atoms with Crippen molar-refractivity contribution in [1.29, 1.82) is 0 Å². The third-order valence-corrected chi connectivity index (χ3v) is 5.29. The first-order valence-corrected chi connectivity index (χ1v) is 8.23. The van der Waals surface area contributed by atoms with Crippen molar-refractivity contribution in [3.05, 3.63) is 21.7 Å². The summed E-state index contributed by atoms with van der Waals surface area (Å²) < 4.78 is 12.2. The minimum absolute atomic E-state index is 0.221. The molecule has 0 saturated heterocycles. The molecule has 1 aromatic rings. The number of hydrogen-bond acceptors (Lipinski definition) is 3. The molecular formula is C16H22BrNO2. The van der Waals surface area contributed by atoms with Gasteiger partial charge in [0, 0.05) is 5.54 Å². The molecule has 1 aliphatic heterocycles. The van der Waals surface area contributed by atoms with Crippen molar-refractivity contribution in [2.75, 3.05) is 6.79 Å². The van der Waals surface area contributed by atoms with Gasteiger partial charge in [-0.15, -0.1) is 0 Å². The third-order valence-electron chi connectivity index (χ3n) is 4.50. The van der Waals surface area contributed by atoms with Crippen LogP contribution >= 0.6 is 15.9 Å². The number of fused-ring (bicyclic) bond motifs is 1. The van der Waals surface area contributed by atoms with Crippen LogP contribution in [0.3, 0.4) is 0 Å². The third kappa shape index (κ3) is 2.23. The lowest BCUT2D eigenvalue weighted by Gasteiger charge is -2.36. The lowest BCUT2D eigenvalue weighted by molar-refractivity contribution is 0.173. The van der Waals surface area contributed by atoms with Gasteiger partial charge in [0.25, 0.3) is 0 Å². The van der Waals surface area contributed by atoms with E-state index in [1.807, 2.05) is 0 Å². The van der Waals surface area contributed by atoms with Gasteiger partial charge >= 0.3 is 0 Å². The first-order chi connectivity index (χ1) is 9.53. The molecule has 1 aliphatic carbocycles. The normalized spacial score (nSPS) is 20.4. The van der Waals surface area contributed by atoms with Crippen molar-refractivity contribution in [2.24, 2.45) is 5.73 Å². The van der Waals surface area contributed by atoms with E-state index in [-0.39, 0.29) is 5.54 Å². The van der Waals surface area contributed by atoms with Crippen LogP contribution < -0.4 is 15.2 Å². The molecule has 3 rings (SSSR count). The molecule has 0 bridgehead atoms. The first kappa shape index (κ1) is 14.2. The Hall–Kier alpha value is -0.740. The predicted octanol–water partition coefficient (Wildman–Crippen LogP) is 4.42. The topological polar surface area (TPSA) is 44.5 Å². The van der Waals surface area contributed by atoms with Crippen LogP contribution in [0.2, 0.25) is 0 Å². The van der Waals surface area contributed by atoms with Crippen molar-refractivity contribution in [2.45, 2.75) is 57.4 Å². The molecule has 110 valence electrons. The van der Waals surface area contributed by atoms with Crippen LogP contribution in [-0.4, -0.2) is 6.79 Å². The van der Waals surface area contributed by atoms with Crippen molar-refractivity contribution in [3.63, 3.8) is 0 Å². The zero-order valence-corrected chi connectivity index (χ0v) is 13.8. The molecule has 0 atom stereocenters. The molecule has 0 amide bonds. The number of benzene rings is 1. The van der Waals surface area contributed by atoms with Gasteiger partial charge in [0.1, 0.15) is 0 Å². The highest BCUT2D eigenvalue weighted by molar-refractivity contribution is 9.10. The van der Waals surface area contributed by atoms with Crippen LogP contribution in [-0.2, 0) is 5.54 Å². The Morgan fingerprint density at radius 2 is 1.90 bits per heavy atom. The molecule has 2 aliphatic rings. The van der Waals surface area contributed by atoms with E-state index in [4.69, 9.17) is 15.2 Å². The van der Waals surface area contributed by atoms with Crippen LogP contribution in [0.25, 0.3) is 0 Å². The Balaban J connectivity index is 2.16. The highest BCUT2D eigenvalue weighted by Gasteiger charge is 2.35. The Morgan fingerprint density at radius 3 is 2.55 bits per heavy atom. The van der Waals surface area contributed by atoms with Gasteiger partial charge < -0.3 is 15.2 Å². The van der Waals surface area contributed by atoms with Gasteiger partial charge in [0.15, 0.2) is 11.5 Å². The van der Waals surface area contributed by atoms with E-state index in [9.17, 15) is 0 Å². The fraction of sp³-hybridized carbons (Fsp3) is 0.625. The van der Waals surface area contributed by atoms with Gasteiger partial charge in [-0.2, -0.15) is 0 Å². The molecule has 2 N–H and O–H groups in total. The summed E-state index contributed by atoms with van der Waals surface area (Å²) in [5, 5.41) is 0. The molecule has 0 spiro atoms. The smallest absolute Gasteiger partial charge is 0.231 e. The van der Waals surface area contributed by atoms with Gasteiger partial charge in [-0.1, -0.05) is 33.1 Å². The average molecular weight is 340 g/mol. The van der Waals surface area contributed by atoms with Crippen molar-refractivity contribution in [3.8, 4) is 11.5 Å². The average Bonchev–Trinajstić information content (AvgIpc) is 2.87. The Morgan fingerprint density at radius 1 is 1.20 bits per heavy atom. The Labute approximate surface area is 129 Å². The largest absolute Gasteiger partial charge is 0.454 e. The van der Waals surface area contributed by atoms with E-state index in [0.717, 1.165) is 28.8 Å². The van der Waals surface area contributed by atoms with Crippen LogP contribution in [0.5, 0.6) is 11.5 Å². The van der Waals surface area contributed by atoms with E-state index < -0.39 is 0 Å². The van der Waals surface area contributed by atoms with Crippen molar-refractivity contribution >= 4 is 15.9 Å². The Kier molecular flexibility index (Phi) is 3.71. The van der Waals surface area contributed by atoms with Gasteiger partial charge in [-0.3, -0.25) is 0 Å². The maximum atomic E-state index is 6.76. The summed E-state index contributed by atoms with van der Waals surface area (Å²) >= 11 is 3.71. The summed E-state index contributed by atoms with van der Waals surface area (Å²) in [6.07, 6.45) is 5.82. The first-order valence-electron chi connectivity index (χ1n) is 7.44. The zero-order chi connectivity index (χ0) is 14.3. The molecule has 0 unspecified atom stereocenters. The minimum Gasteiger partial charge on any atom is -0.454 e. The fourth-order valence-electron chi connectivity index (χ4n) is 3.45. The second-order valence-corrected chi connectivity index (χ2v) is 7.05. The predicted molar refractivity (Wildman–Crippen MR) is 83.3 cm³/mol. The van der Waals surface area contributed by atoms with E-state index in [1.54, 1.807) is 0 Å². The quantitative estimate of drug-likeness (QED) is 0.867. The molecule has 20 heavy (non-hydrogen) atoms. The lowest BCUT2D eigenvalue weighted by atomic mass is 9.74. The summed E-state index contributed by atoms with van der Waals surface area (Å²) in [7, 11) is 0. The molecule has 1 aromatic carbocycles. The van der Waals surface area contributed by atoms with E-state index in [1.165, 1.54) is 30.4 Å². The van der Waals surface area contributed by atoms with E-state index in [0.29, 0.717) is 12.7 Å². The molecule has 1 heterocycles. The molecular weight excluding hydrogens is 318 g/mol. The van der Waals surface area contributed by atoms with Gasteiger partial charge in [-0.05, 0) is 51.9 Å². The molecule has 1 saturated carbocycles. The van der Waals surface area contributed by atoms with Crippen LogP contribution in [0, 0.1) is 0 Å². The summed E-state index contributed by atoms with van der Waals surface area (Å²) in [6.45, 7) is 4.71. The van der Waals surface area contributed by atoms with E-state index in [2.05, 4.69) is 35.8 Å². The second kappa shape index (κ2) is 5.23. The molecule has 1 fully saturated rings. The lowest BCUT2D eigenvalue weighted by Crippen LogP contribution is -2.39. The molecule has 4 heteroatoms. The van der Waals surface area contributed by atoms with Gasteiger partial charge in [0.2, 0.25) is 6.79 Å². The number of hydrogen-bond donors (Lipinski definition) is 1. The fourth-order valence-corrected chi connectivity index (χ4v) is 4.43. The summed E-state index contributed by atoms with van der Waals surface area (Å²) in [6, 6.07) is 2.12. The number of rotatable bonds is 2. The standard InChI is InChI=1S/C16H22BrNO2/c1-10(2)13-11(16(18)6-4-3-5-7-16)8-12-15(14(13)17)20-9-19-12/h8,10H,3-7,9,18H2,1-2H3. The number of ether oxygens (including phenoxy) is 2. The van der Waals surface area contributed by atoms with Gasteiger partial charge in [0.05, 0.1) is 4.47 Å². The molecule has 3 nitrogen and oxygen atoms in total. The molecule has 0 aromatic heterocycles. The summed E-state index contributed by atoms with van der Waals surface area (Å²) in [5.74, 6) is 2.06.